The topological polar surface area (TPSA) is 106 Å². The van der Waals surface area contributed by atoms with Crippen molar-refractivity contribution < 1.29 is 4.39 Å². The molecular weight excluding hydrogens is 369 g/mol. The van der Waals surface area contributed by atoms with Crippen LogP contribution in [0, 0.1) is 5.82 Å². The fourth-order valence-corrected chi connectivity index (χ4v) is 3.45. The van der Waals surface area contributed by atoms with Crippen molar-refractivity contribution in [2.45, 2.75) is 12.8 Å². The number of nitrogens with one attached hydrogen (secondary N) is 1. The number of aromatic nitrogens is 6. The molecule has 3 N–H and O–H groups in total. The van der Waals surface area contributed by atoms with E-state index in [1.165, 1.54) is 12.4 Å². The third-order valence-electron chi connectivity index (χ3n) is 4.95. The van der Waals surface area contributed by atoms with E-state index in [1.807, 2.05) is 31.2 Å². The lowest BCUT2D eigenvalue weighted by molar-refractivity contribution is 0.636. The lowest BCUT2D eigenvalue weighted by atomic mass is 9.94. The molecule has 0 aliphatic heterocycles. The van der Waals surface area contributed by atoms with Crippen LogP contribution in [-0.4, -0.2) is 29.9 Å². The molecule has 0 saturated carbocycles. The molecule has 7 nitrogen and oxygen atoms in total. The molecule has 0 fully saturated rings. The predicted molar refractivity (Wildman–Crippen MR) is 109 cm³/mol. The predicted octanol–water partition coefficient (Wildman–Crippen LogP) is 3.84. The third kappa shape index (κ3) is 2.85. The van der Waals surface area contributed by atoms with Crippen LogP contribution < -0.4 is 5.73 Å². The van der Waals surface area contributed by atoms with E-state index in [-0.39, 0.29) is 11.7 Å². The largest absolute Gasteiger partial charge is 0.382 e. The highest BCUT2D eigenvalue weighted by Gasteiger charge is 2.21. The first-order valence-electron chi connectivity index (χ1n) is 9.08. The zero-order chi connectivity index (χ0) is 20.0. The van der Waals surface area contributed by atoms with Crippen LogP contribution in [0.2, 0.25) is 0 Å². The zero-order valence-corrected chi connectivity index (χ0v) is 15.5. The summed E-state index contributed by atoms with van der Waals surface area (Å²) >= 11 is 0. The average Bonchev–Trinajstić information content (AvgIpc) is 3.23. The van der Waals surface area contributed by atoms with Gasteiger partial charge in [0.15, 0.2) is 11.5 Å². The molecule has 0 radical (unpaired) electrons. The molecule has 29 heavy (non-hydrogen) atoms. The summed E-state index contributed by atoms with van der Waals surface area (Å²) in [6.45, 7) is 1.97. The van der Waals surface area contributed by atoms with E-state index in [0.717, 1.165) is 11.1 Å². The van der Waals surface area contributed by atoms with Crippen LogP contribution >= 0.6 is 0 Å². The summed E-state index contributed by atoms with van der Waals surface area (Å²) in [5, 5.41) is 0.702. The number of rotatable bonds is 3. The van der Waals surface area contributed by atoms with Gasteiger partial charge in [-0.25, -0.2) is 24.3 Å². The second kappa shape index (κ2) is 6.59. The number of hydrogen-bond donors (Lipinski definition) is 2. The summed E-state index contributed by atoms with van der Waals surface area (Å²) in [6.07, 6.45) is 4.92. The van der Waals surface area contributed by atoms with Crippen molar-refractivity contribution in [3.8, 4) is 11.3 Å². The van der Waals surface area contributed by atoms with Crippen LogP contribution in [-0.2, 0) is 0 Å². The summed E-state index contributed by atoms with van der Waals surface area (Å²) in [7, 11) is 0. The molecule has 0 spiro atoms. The maximum Gasteiger partial charge on any atom is 0.183 e. The highest BCUT2D eigenvalue weighted by atomic mass is 19.1. The Balaban J connectivity index is 1.75. The molecule has 0 bridgehead atoms. The number of hydrogen-bond acceptors (Lipinski definition) is 6. The van der Waals surface area contributed by atoms with Gasteiger partial charge in [-0.05, 0) is 29.8 Å². The van der Waals surface area contributed by atoms with E-state index in [4.69, 9.17) is 5.73 Å². The number of halogens is 1. The summed E-state index contributed by atoms with van der Waals surface area (Å²) in [4.78, 5) is 25.0. The number of nitrogen functional groups attached to an aromatic ring is 1. The van der Waals surface area contributed by atoms with Crippen LogP contribution in [0.5, 0.6) is 0 Å². The Labute approximate surface area is 164 Å². The molecule has 4 heterocycles. The van der Waals surface area contributed by atoms with Crippen LogP contribution in [0.1, 0.15) is 24.2 Å². The van der Waals surface area contributed by atoms with E-state index in [0.29, 0.717) is 39.4 Å². The van der Waals surface area contributed by atoms with Crippen LogP contribution in [0.25, 0.3) is 33.3 Å². The van der Waals surface area contributed by atoms with E-state index >= 15 is 0 Å². The molecule has 1 atom stereocenters. The normalized spacial score (nSPS) is 12.5. The molecule has 142 valence electrons. The molecule has 4 aromatic heterocycles. The number of H-pyrrole nitrogens is 1. The molecule has 5 rings (SSSR count). The number of anilines is 1. The van der Waals surface area contributed by atoms with Gasteiger partial charge in [0.25, 0.3) is 0 Å². The number of nitrogens with zero attached hydrogens (tertiary/aromatic N) is 5. The smallest absolute Gasteiger partial charge is 0.183 e. The number of nitrogens with two attached hydrogens (primary N) is 1. The Kier molecular flexibility index (Phi) is 3.90. The highest BCUT2D eigenvalue weighted by Crippen LogP contribution is 2.34. The quantitative estimate of drug-likeness (QED) is 0.489. The number of pyridine rings is 2. The molecule has 0 saturated heterocycles. The van der Waals surface area contributed by atoms with Crippen molar-refractivity contribution in [1.82, 2.24) is 29.9 Å². The van der Waals surface area contributed by atoms with Gasteiger partial charge in [0.2, 0.25) is 0 Å². The van der Waals surface area contributed by atoms with Crippen molar-refractivity contribution in [2.75, 3.05) is 5.73 Å². The van der Waals surface area contributed by atoms with Gasteiger partial charge < -0.3 is 10.7 Å². The van der Waals surface area contributed by atoms with Gasteiger partial charge in [0.1, 0.15) is 22.7 Å². The number of imidazole rings is 1. The van der Waals surface area contributed by atoms with Gasteiger partial charge in [-0.15, -0.1) is 0 Å². The van der Waals surface area contributed by atoms with Crippen molar-refractivity contribution in [2.24, 2.45) is 0 Å². The van der Waals surface area contributed by atoms with Crippen molar-refractivity contribution in [1.29, 1.82) is 0 Å². The van der Waals surface area contributed by atoms with Gasteiger partial charge >= 0.3 is 0 Å². The minimum Gasteiger partial charge on any atom is -0.382 e. The summed E-state index contributed by atoms with van der Waals surface area (Å²) in [6, 6.07) is 10.5. The SMILES string of the molecule is C[C@H](c1nc(N)c2[nH]cnc2n1)c1cc2cccc(F)c2nc1-c1cccnc1. The first-order valence-corrected chi connectivity index (χ1v) is 9.08. The first-order chi connectivity index (χ1) is 14.1. The minimum absolute atomic E-state index is 0.256. The van der Waals surface area contributed by atoms with Gasteiger partial charge in [-0.2, -0.15) is 0 Å². The number of para-hydroxylation sites is 1. The number of benzene rings is 1. The molecule has 0 unspecified atom stereocenters. The van der Waals surface area contributed by atoms with Gasteiger partial charge in [0, 0.05) is 29.3 Å². The highest BCUT2D eigenvalue weighted by molar-refractivity contribution is 5.85. The Morgan fingerprint density at radius 2 is 2.00 bits per heavy atom. The third-order valence-corrected chi connectivity index (χ3v) is 4.95. The molecule has 1 aromatic carbocycles. The maximum absolute atomic E-state index is 14.4. The Hall–Kier alpha value is -3.94. The molecule has 0 amide bonds. The molecular formula is C21H16FN7. The van der Waals surface area contributed by atoms with Crippen molar-refractivity contribution >= 4 is 27.9 Å². The molecule has 0 aliphatic carbocycles. The Morgan fingerprint density at radius 3 is 2.83 bits per heavy atom. The standard InChI is InChI=1S/C21H16FN7/c1-11(20-28-19(23)18-21(29-20)26-10-25-18)14-8-12-4-2-6-15(22)17(12)27-16(14)13-5-3-7-24-9-13/h2-11H,1H3,(H3,23,25,26,28,29)/t11-/m0/s1. The lowest BCUT2D eigenvalue weighted by Crippen LogP contribution is -2.08. The van der Waals surface area contributed by atoms with Gasteiger partial charge in [0.05, 0.1) is 12.0 Å². The van der Waals surface area contributed by atoms with Crippen molar-refractivity contribution in [3.63, 3.8) is 0 Å². The second-order valence-electron chi connectivity index (χ2n) is 6.77. The first kappa shape index (κ1) is 17.2. The van der Waals surface area contributed by atoms with Gasteiger partial charge in [-0.1, -0.05) is 19.1 Å². The van der Waals surface area contributed by atoms with Crippen LogP contribution in [0.3, 0.4) is 0 Å². The fraction of sp³-hybridized carbons (Fsp3) is 0.0952. The Morgan fingerprint density at radius 1 is 1.10 bits per heavy atom. The fourth-order valence-electron chi connectivity index (χ4n) is 3.45. The minimum atomic E-state index is -0.370. The van der Waals surface area contributed by atoms with E-state index in [9.17, 15) is 4.39 Å². The zero-order valence-electron chi connectivity index (χ0n) is 15.5. The van der Waals surface area contributed by atoms with Gasteiger partial charge in [-0.3, -0.25) is 4.98 Å². The second-order valence-corrected chi connectivity index (χ2v) is 6.77. The molecule has 0 aliphatic rings. The summed E-state index contributed by atoms with van der Waals surface area (Å²) in [5.41, 5.74) is 9.77. The Bertz CT molecular complexity index is 1350. The monoisotopic (exact) mass is 385 g/mol. The summed E-state index contributed by atoms with van der Waals surface area (Å²) in [5.74, 6) is 0.223. The lowest BCUT2D eigenvalue weighted by Gasteiger charge is -2.17. The molecule has 5 aromatic rings. The number of fused-ring (bicyclic) bond motifs is 2. The van der Waals surface area contributed by atoms with Crippen molar-refractivity contribution in [3.05, 3.63) is 72.3 Å². The number of aromatic amines is 1. The maximum atomic E-state index is 14.4. The summed E-state index contributed by atoms with van der Waals surface area (Å²) < 4.78 is 14.4. The van der Waals surface area contributed by atoms with E-state index < -0.39 is 0 Å². The van der Waals surface area contributed by atoms with E-state index in [2.05, 4.69) is 29.9 Å². The van der Waals surface area contributed by atoms with E-state index in [1.54, 1.807) is 18.5 Å². The van der Waals surface area contributed by atoms with Crippen LogP contribution in [0.15, 0.2) is 55.1 Å². The average molecular weight is 385 g/mol. The van der Waals surface area contributed by atoms with Crippen LogP contribution in [0.4, 0.5) is 10.2 Å². The molecule has 8 heteroatoms.